The smallest absolute Gasteiger partial charge is 0.339 e. The van der Waals surface area contributed by atoms with E-state index in [2.05, 4.69) is 4.74 Å². The van der Waals surface area contributed by atoms with Crippen LogP contribution in [0.4, 0.5) is 4.39 Å². The van der Waals surface area contributed by atoms with Crippen molar-refractivity contribution in [2.45, 2.75) is 0 Å². The molecular formula is C14H10ClFO2. The molecule has 92 valence electrons. The first-order valence-corrected chi connectivity index (χ1v) is 5.64. The molecule has 0 aliphatic heterocycles. The van der Waals surface area contributed by atoms with E-state index in [1.54, 1.807) is 30.3 Å². The maximum atomic E-state index is 13.6. The van der Waals surface area contributed by atoms with Gasteiger partial charge in [-0.25, -0.2) is 9.18 Å². The largest absolute Gasteiger partial charge is 0.465 e. The van der Waals surface area contributed by atoms with Crippen LogP contribution in [-0.4, -0.2) is 13.1 Å². The van der Waals surface area contributed by atoms with Crippen LogP contribution in [0.3, 0.4) is 0 Å². The molecule has 2 aromatic rings. The molecule has 0 saturated carbocycles. The first-order chi connectivity index (χ1) is 8.63. The number of hydrogen-bond acceptors (Lipinski definition) is 2. The molecule has 2 nitrogen and oxygen atoms in total. The Morgan fingerprint density at radius 2 is 1.94 bits per heavy atom. The van der Waals surface area contributed by atoms with Crippen LogP contribution >= 0.6 is 11.6 Å². The van der Waals surface area contributed by atoms with E-state index < -0.39 is 5.97 Å². The number of benzene rings is 2. The van der Waals surface area contributed by atoms with E-state index in [-0.39, 0.29) is 16.4 Å². The minimum atomic E-state index is -0.514. The first kappa shape index (κ1) is 12.6. The molecule has 0 spiro atoms. The van der Waals surface area contributed by atoms with E-state index in [9.17, 15) is 9.18 Å². The second-order valence-electron chi connectivity index (χ2n) is 3.67. The summed E-state index contributed by atoms with van der Waals surface area (Å²) in [6, 6.07) is 11.1. The van der Waals surface area contributed by atoms with E-state index in [1.807, 2.05) is 0 Å². The number of hydrogen-bond donors (Lipinski definition) is 0. The number of halogens is 2. The summed E-state index contributed by atoms with van der Waals surface area (Å²) in [5.41, 5.74) is 1.32. The topological polar surface area (TPSA) is 26.3 Å². The summed E-state index contributed by atoms with van der Waals surface area (Å²) >= 11 is 5.98. The zero-order chi connectivity index (χ0) is 13.1. The number of carbonyl (C=O) groups excluding carboxylic acids is 1. The summed E-state index contributed by atoms with van der Waals surface area (Å²) in [7, 11) is 1.28. The van der Waals surface area contributed by atoms with Gasteiger partial charge in [-0.2, -0.15) is 0 Å². The molecule has 0 atom stereocenters. The molecule has 0 aliphatic rings. The predicted octanol–water partition coefficient (Wildman–Crippen LogP) is 3.93. The number of esters is 1. The van der Waals surface area contributed by atoms with Crippen LogP contribution in [0.15, 0.2) is 42.5 Å². The third-order valence-electron chi connectivity index (χ3n) is 2.56. The van der Waals surface area contributed by atoms with Crippen molar-refractivity contribution in [2.24, 2.45) is 0 Å². The quantitative estimate of drug-likeness (QED) is 0.768. The summed E-state index contributed by atoms with van der Waals surface area (Å²) in [6.45, 7) is 0. The Morgan fingerprint density at radius 3 is 2.56 bits per heavy atom. The van der Waals surface area contributed by atoms with Crippen LogP contribution in [-0.2, 0) is 4.74 Å². The van der Waals surface area contributed by atoms with Crippen LogP contribution in [0.5, 0.6) is 0 Å². The van der Waals surface area contributed by atoms with E-state index >= 15 is 0 Å². The first-order valence-electron chi connectivity index (χ1n) is 5.26. The van der Waals surface area contributed by atoms with Gasteiger partial charge in [0.25, 0.3) is 0 Å². The van der Waals surface area contributed by atoms with Crippen molar-refractivity contribution in [3.63, 3.8) is 0 Å². The molecule has 2 aromatic carbocycles. The van der Waals surface area contributed by atoms with Gasteiger partial charge in [0.1, 0.15) is 5.82 Å². The van der Waals surface area contributed by atoms with Gasteiger partial charge in [0, 0.05) is 5.56 Å². The van der Waals surface area contributed by atoms with Gasteiger partial charge in [-0.1, -0.05) is 35.9 Å². The molecule has 0 saturated heterocycles. The molecule has 0 fully saturated rings. The van der Waals surface area contributed by atoms with Crippen molar-refractivity contribution in [3.8, 4) is 11.1 Å². The standard InChI is InChI=1S/C14H10ClFO2/c1-18-14(17)11-7-6-9(8-12(11)15)10-4-2-3-5-13(10)16/h2-8H,1H3. The van der Waals surface area contributed by atoms with E-state index in [4.69, 9.17) is 11.6 Å². The van der Waals surface area contributed by atoms with Gasteiger partial charge in [0.15, 0.2) is 0 Å². The average molecular weight is 265 g/mol. The summed E-state index contributed by atoms with van der Waals surface area (Å²) in [5.74, 6) is -0.848. The zero-order valence-corrected chi connectivity index (χ0v) is 10.4. The van der Waals surface area contributed by atoms with Gasteiger partial charge in [-0.15, -0.1) is 0 Å². The van der Waals surface area contributed by atoms with Crippen molar-refractivity contribution < 1.29 is 13.9 Å². The van der Waals surface area contributed by atoms with Crippen molar-refractivity contribution in [3.05, 3.63) is 58.9 Å². The van der Waals surface area contributed by atoms with Gasteiger partial charge < -0.3 is 4.74 Å². The number of carbonyl (C=O) groups is 1. The minimum absolute atomic E-state index is 0.239. The fourth-order valence-electron chi connectivity index (χ4n) is 1.65. The number of methoxy groups -OCH3 is 1. The Balaban J connectivity index is 2.47. The van der Waals surface area contributed by atoms with Crippen LogP contribution in [0.25, 0.3) is 11.1 Å². The lowest BCUT2D eigenvalue weighted by atomic mass is 10.0. The highest BCUT2D eigenvalue weighted by molar-refractivity contribution is 6.33. The molecule has 0 aromatic heterocycles. The molecule has 4 heteroatoms. The fraction of sp³-hybridized carbons (Fsp3) is 0.0714. The van der Waals surface area contributed by atoms with Gasteiger partial charge in [0.2, 0.25) is 0 Å². The normalized spacial score (nSPS) is 10.2. The SMILES string of the molecule is COC(=O)c1ccc(-c2ccccc2F)cc1Cl. The molecule has 2 rings (SSSR count). The Labute approximate surface area is 109 Å². The lowest BCUT2D eigenvalue weighted by Crippen LogP contribution is -2.02. The third-order valence-corrected chi connectivity index (χ3v) is 2.87. The zero-order valence-electron chi connectivity index (χ0n) is 9.61. The van der Waals surface area contributed by atoms with Crippen molar-refractivity contribution in [2.75, 3.05) is 7.11 Å². The molecule has 0 radical (unpaired) electrons. The Bertz CT molecular complexity index is 596. The van der Waals surface area contributed by atoms with Crippen LogP contribution in [0, 0.1) is 5.82 Å². The van der Waals surface area contributed by atoms with Crippen LogP contribution in [0.2, 0.25) is 5.02 Å². The molecule has 18 heavy (non-hydrogen) atoms. The Hall–Kier alpha value is -1.87. The van der Waals surface area contributed by atoms with Gasteiger partial charge in [-0.05, 0) is 23.8 Å². The molecule has 0 unspecified atom stereocenters. The minimum Gasteiger partial charge on any atom is -0.465 e. The average Bonchev–Trinajstić information content (AvgIpc) is 2.38. The lowest BCUT2D eigenvalue weighted by molar-refractivity contribution is 0.0601. The van der Waals surface area contributed by atoms with Crippen LogP contribution < -0.4 is 0 Å². The maximum absolute atomic E-state index is 13.6. The molecule has 0 aliphatic carbocycles. The highest BCUT2D eigenvalue weighted by atomic mass is 35.5. The molecule has 0 N–H and O–H groups in total. The second kappa shape index (κ2) is 5.19. The van der Waals surface area contributed by atoms with Gasteiger partial charge in [0.05, 0.1) is 17.7 Å². The summed E-state index contributed by atoms with van der Waals surface area (Å²) in [5, 5.41) is 0.239. The van der Waals surface area contributed by atoms with Crippen LogP contribution in [0.1, 0.15) is 10.4 Å². The highest BCUT2D eigenvalue weighted by Crippen LogP contribution is 2.27. The van der Waals surface area contributed by atoms with Crippen molar-refractivity contribution in [1.82, 2.24) is 0 Å². The van der Waals surface area contributed by atoms with E-state index in [0.717, 1.165) is 0 Å². The molecule has 0 bridgehead atoms. The highest BCUT2D eigenvalue weighted by Gasteiger charge is 2.12. The number of ether oxygens (including phenoxy) is 1. The Kier molecular flexibility index (Phi) is 3.63. The second-order valence-corrected chi connectivity index (χ2v) is 4.07. The van der Waals surface area contributed by atoms with E-state index in [0.29, 0.717) is 11.1 Å². The monoisotopic (exact) mass is 264 g/mol. The van der Waals surface area contributed by atoms with Gasteiger partial charge in [-0.3, -0.25) is 0 Å². The summed E-state index contributed by atoms with van der Waals surface area (Å²) in [4.78, 5) is 11.4. The molecular weight excluding hydrogens is 255 g/mol. The third kappa shape index (κ3) is 2.36. The lowest BCUT2D eigenvalue weighted by Gasteiger charge is -2.06. The molecule has 0 heterocycles. The van der Waals surface area contributed by atoms with E-state index in [1.165, 1.54) is 19.2 Å². The predicted molar refractivity (Wildman–Crippen MR) is 68.2 cm³/mol. The fourth-order valence-corrected chi connectivity index (χ4v) is 1.91. The number of rotatable bonds is 2. The molecule has 0 amide bonds. The summed E-state index contributed by atoms with van der Waals surface area (Å²) < 4.78 is 18.2. The summed E-state index contributed by atoms with van der Waals surface area (Å²) in [6.07, 6.45) is 0. The Morgan fingerprint density at radius 1 is 1.22 bits per heavy atom. The maximum Gasteiger partial charge on any atom is 0.339 e. The van der Waals surface area contributed by atoms with Gasteiger partial charge >= 0.3 is 5.97 Å². The van der Waals surface area contributed by atoms with Crippen molar-refractivity contribution in [1.29, 1.82) is 0 Å². The van der Waals surface area contributed by atoms with Crippen molar-refractivity contribution >= 4 is 17.6 Å².